The molecule has 0 radical (unpaired) electrons. The van der Waals surface area contributed by atoms with E-state index in [9.17, 15) is 0 Å². The molecule has 20 heavy (non-hydrogen) atoms. The first-order chi connectivity index (χ1) is 9.95. The topological polar surface area (TPSA) is 0 Å². The molecule has 0 atom stereocenters. The minimum atomic E-state index is 1.01. The summed E-state index contributed by atoms with van der Waals surface area (Å²) in [5, 5.41) is 0. The van der Waals surface area contributed by atoms with Crippen LogP contribution in [0.4, 0.5) is 0 Å². The van der Waals surface area contributed by atoms with Crippen LogP contribution in [0.25, 0.3) is 0 Å². The Hall–Kier alpha value is -0.260. The van der Waals surface area contributed by atoms with E-state index in [2.05, 4.69) is 0 Å². The lowest BCUT2D eigenvalue weighted by atomic mass is 9.71. The Balaban J connectivity index is 0.000000704. The fourth-order valence-electron chi connectivity index (χ4n) is 4.79. The standard InChI is InChI=1S/C18H30.C2H6/c1-3-9-15(10-4-1)17-13-7-8-14-18(17)16-11-5-2-6-12-16;1-2/h15-16H,1-14H2;1-2H3. The number of rotatable bonds is 2. The van der Waals surface area contributed by atoms with E-state index in [0.29, 0.717) is 0 Å². The summed E-state index contributed by atoms with van der Waals surface area (Å²) in [5.74, 6) is 2.02. The van der Waals surface area contributed by atoms with Crippen LogP contribution in [0.3, 0.4) is 0 Å². The van der Waals surface area contributed by atoms with Gasteiger partial charge in [0.05, 0.1) is 0 Å². The monoisotopic (exact) mass is 276 g/mol. The van der Waals surface area contributed by atoms with Crippen molar-refractivity contribution < 1.29 is 0 Å². The predicted octanol–water partition coefficient (Wildman–Crippen LogP) is 7.04. The Kier molecular flexibility index (Phi) is 7.17. The molecule has 0 amide bonds. The summed E-state index contributed by atoms with van der Waals surface area (Å²) in [6.07, 6.45) is 21.0. The van der Waals surface area contributed by atoms with Crippen LogP contribution < -0.4 is 0 Å². The molecule has 0 aromatic rings. The molecule has 0 bridgehead atoms. The van der Waals surface area contributed by atoms with Gasteiger partial charge in [-0.05, 0) is 63.2 Å². The van der Waals surface area contributed by atoms with Gasteiger partial charge in [0, 0.05) is 0 Å². The van der Waals surface area contributed by atoms with E-state index < -0.39 is 0 Å². The predicted molar refractivity (Wildman–Crippen MR) is 90.0 cm³/mol. The van der Waals surface area contributed by atoms with Crippen LogP contribution in [0.1, 0.15) is 104 Å². The highest BCUT2D eigenvalue weighted by atomic mass is 14.3. The van der Waals surface area contributed by atoms with Gasteiger partial charge in [0.1, 0.15) is 0 Å². The molecule has 116 valence electrons. The second kappa shape index (κ2) is 8.90. The van der Waals surface area contributed by atoms with Crippen molar-refractivity contribution in [3.63, 3.8) is 0 Å². The van der Waals surface area contributed by atoms with Gasteiger partial charge in [0.2, 0.25) is 0 Å². The van der Waals surface area contributed by atoms with Gasteiger partial charge in [-0.25, -0.2) is 0 Å². The quantitative estimate of drug-likeness (QED) is 0.474. The minimum absolute atomic E-state index is 1.01. The number of hydrogen-bond acceptors (Lipinski definition) is 0. The first-order valence-corrected chi connectivity index (χ1v) is 9.67. The molecule has 0 aromatic carbocycles. The maximum absolute atomic E-state index is 2.00. The molecular formula is C20H36. The molecule has 3 rings (SSSR count). The highest BCUT2D eigenvalue weighted by Crippen LogP contribution is 2.43. The molecule has 0 saturated heterocycles. The highest BCUT2D eigenvalue weighted by Gasteiger charge is 2.27. The molecule has 0 aliphatic heterocycles. The minimum Gasteiger partial charge on any atom is -0.0683 e. The molecule has 0 spiro atoms. The second-order valence-electron chi connectivity index (χ2n) is 6.93. The molecule has 3 aliphatic rings. The van der Waals surface area contributed by atoms with Crippen molar-refractivity contribution in [2.24, 2.45) is 11.8 Å². The number of hydrogen-bond donors (Lipinski definition) is 0. The van der Waals surface area contributed by atoms with Gasteiger partial charge in [-0.15, -0.1) is 0 Å². The van der Waals surface area contributed by atoms with Crippen molar-refractivity contribution in [1.29, 1.82) is 0 Å². The van der Waals surface area contributed by atoms with Crippen molar-refractivity contribution >= 4 is 0 Å². The van der Waals surface area contributed by atoms with Crippen LogP contribution in [0.2, 0.25) is 0 Å². The zero-order valence-electron chi connectivity index (χ0n) is 14.1. The molecule has 2 fully saturated rings. The van der Waals surface area contributed by atoms with E-state index in [1.807, 2.05) is 25.0 Å². The molecule has 0 nitrogen and oxygen atoms in total. The fraction of sp³-hybridized carbons (Fsp3) is 0.900. The highest BCUT2D eigenvalue weighted by molar-refractivity contribution is 5.23. The second-order valence-corrected chi connectivity index (χ2v) is 6.93. The summed E-state index contributed by atoms with van der Waals surface area (Å²) < 4.78 is 0. The van der Waals surface area contributed by atoms with Crippen LogP contribution in [0.15, 0.2) is 11.1 Å². The van der Waals surface area contributed by atoms with Gasteiger partial charge < -0.3 is 0 Å². The average Bonchev–Trinajstić information content (AvgIpc) is 2.58. The molecular weight excluding hydrogens is 240 g/mol. The summed E-state index contributed by atoms with van der Waals surface area (Å²) in [7, 11) is 0. The maximum Gasteiger partial charge on any atom is -0.0200 e. The normalized spacial score (nSPS) is 26.1. The molecule has 0 heteroatoms. The van der Waals surface area contributed by atoms with Crippen LogP contribution in [0.5, 0.6) is 0 Å². The lowest BCUT2D eigenvalue weighted by Gasteiger charge is -2.35. The van der Waals surface area contributed by atoms with Gasteiger partial charge in [-0.2, -0.15) is 0 Å². The largest absolute Gasteiger partial charge is 0.0683 e. The summed E-state index contributed by atoms with van der Waals surface area (Å²) in [6, 6.07) is 0. The molecule has 0 aromatic heterocycles. The summed E-state index contributed by atoms with van der Waals surface area (Å²) in [5.41, 5.74) is 3.96. The van der Waals surface area contributed by atoms with E-state index in [-0.39, 0.29) is 0 Å². The van der Waals surface area contributed by atoms with E-state index in [4.69, 9.17) is 0 Å². The van der Waals surface area contributed by atoms with Gasteiger partial charge in [-0.1, -0.05) is 63.5 Å². The Morgan fingerprint density at radius 3 is 1.20 bits per heavy atom. The fourth-order valence-corrected chi connectivity index (χ4v) is 4.79. The van der Waals surface area contributed by atoms with E-state index in [1.54, 1.807) is 0 Å². The third kappa shape index (κ3) is 4.12. The van der Waals surface area contributed by atoms with Crippen LogP contribution in [-0.2, 0) is 0 Å². The zero-order valence-corrected chi connectivity index (χ0v) is 14.1. The number of allylic oxidation sites excluding steroid dienone is 2. The Morgan fingerprint density at radius 1 is 0.500 bits per heavy atom. The smallest absolute Gasteiger partial charge is 0.0200 e. The van der Waals surface area contributed by atoms with E-state index in [0.717, 1.165) is 11.8 Å². The molecule has 0 heterocycles. The summed E-state index contributed by atoms with van der Waals surface area (Å²) in [6.45, 7) is 4.00. The lowest BCUT2D eigenvalue weighted by Crippen LogP contribution is -2.19. The van der Waals surface area contributed by atoms with E-state index in [1.165, 1.54) is 89.9 Å². The molecule has 0 unspecified atom stereocenters. The van der Waals surface area contributed by atoms with Crippen molar-refractivity contribution in [2.75, 3.05) is 0 Å². The molecule has 2 saturated carbocycles. The first kappa shape index (κ1) is 16.1. The summed E-state index contributed by atoms with van der Waals surface area (Å²) >= 11 is 0. The molecule has 0 N–H and O–H groups in total. The Morgan fingerprint density at radius 2 is 0.850 bits per heavy atom. The third-order valence-corrected chi connectivity index (χ3v) is 5.75. The average molecular weight is 277 g/mol. The van der Waals surface area contributed by atoms with Crippen molar-refractivity contribution in [1.82, 2.24) is 0 Å². The maximum atomic E-state index is 2.00. The van der Waals surface area contributed by atoms with Gasteiger partial charge in [-0.3, -0.25) is 0 Å². The SMILES string of the molecule is C1CCC(C2=C(C3CCCCC3)CCCC2)CC1.CC. The van der Waals surface area contributed by atoms with Crippen molar-refractivity contribution in [3.05, 3.63) is 11.1 Å². The first-order valence-electron chi connectivity index (χ1n) is 9.67. The lowest BCUT2D eigenvalue weighted by molar-refractivity contribution is 0.349. The molecule has 3 aliphatic carbocycles. The van der Waals surface area contributed by atoms with Gasteiger partial charge in [0.25, 0.3) is 0 Å². The van der Waals surface area contributed by atoms with Crippen LogP contribution in [0, 0.1) is 11.8 Å². The van der Waals surface area contributed by atoms with Crippen molar-refractivity contribution in [2.45, 2.75) is 104 Å². The van der Waals surface area contributed by atoms with Gasteiger partial charge >= 0.3 is 0 Å². The van der Waals surface area contributed by atoms with Crippen LogP contribution in [-0.4, -0.2) is 0 Å². The van der Waals surface area contributed by atoms with Crippen molar-refractivity contribution in [3.8, 4) is 0 Å². The van der Waals surface area contributed by atoms with E-state index >= 15 is 0 Å². The Labute approximate surface area is 127 Å². The van der Waals surface area contributed by atoms with Gasteiger partial charge in [0.15, 0.2) is 0 Å². The Bertz CT molecular complexity index is 257. The zero-order chi connectivity index (χ0) is 14.2. The summed E-state index contributed by atoms with van der Waals surface area (Å²) in [4.78, 5) is 0. The van der Waals surface area contributed by atoms with Crippen LogP contribution >= 0.6 is 0 Å². The third-order valence-electron chi connectivity index (χ3n) is 5.75.